The number of alkyl carbamates (subject to hydrolysis) is 1. The Bertz CT molecular complexity index is 976. The number of nitrogens with one attached hydrogen (secondary N) is 1. The molecule has 7 heteroatoms. The van der Waals surface area contributed by atoms with Crippen LogP contribution in [0, 0.1) is 11.8 Å². The summed E-state index contributed by atoms with van der Waals surface area (Å²) in [5.41, 5.74) is 4.70. The van der Waals surface area contributed by atoms with E-state index in [1.165, 1.54) is 22.3 Å². The van der Waals surface area contributed by atoms with Crippen LogP contribution in [0.3, 0.4) is 0 Å². The largest absolute Gasteiger partial charge is 0.481 e. The van der Waals surface area contributed by atoms with Gasteiger partial charge in [-0.2, -0.15) is 0 Å². The minimum absolute atomic E-state index is 0.0152. The molecule has 2 unspecified atom stereocenters. The summed E-state index contributed by atoms with van der Waals surface area (Å²) in [4.78, 5) is 37.4. The summed E-state index contributed by atoms with van der Waals surface area (Å²) < 4.78 is 5.56. The number of carbonyl (C=O) groups excluding carboxylic acids is 2. The number of benzene rings is 2. The van der Waals surface area contributed by atoms with Gasteiger partial charge >= 0.3 is 12.1 Å². The normalized spacial score (nSPS) is 14.0. The summed E-state index contributed by atoms with van der Waals surface area (Å²) in [6.07, 6.45) is 0.444. The van der Waals surface area contributed by atoms with Crippen LogP contribution in [0.15, 0.2) is 48.5 Å². The van der Waals surface area contributed by atoms with Gasteiger partial charge in [-0.15, -0.1) is 0 Å². The van der Waals surface area contributed by atoms with Crippen molar-refractivity contribution in [3.8, 4) is 11.1 Å². The number of nitrogens with zero attached hydrogens (tertiary/aromatic N) is 1. The summed E-state index contributed by atoms with van der Waals surface area (Å²) >= 11 is 0. The summed E-state index contributed by atoms with van der Waals surface area (Å²) in [5.74, 6) is -1.48. The van der Waals surface area contributed by atoms with E-state index in [0.29, 0.717) is 25.9 Å². The quantitative estimate of drug-likeness (QED) is 0.508. The molecule has 3 rings (SSSR count). The molecule has 2 N–H and O–H groups in total. The highest BCUT2D eigenvalue weighted by molar-refractivity contribution is 5.79. The predicted molar refractivity (Wildman–Crippen MR) is 131 cm³/mol. The van der Waals surface area contributed by atoms with Gasteiger partial charge < -0.3 is 20.1 Å². The third-order valence-corrected chi connectivity index (χ3v) is 6.44. The van der Waals surface area contributed by atoms with E-state index in [0.717, 1.165) is 0 Å². The van der Waals surface area contributed by atoms with Crippen LogP contribution in [0.1, 0.15) is 50.7 Å². The highest BCUT2D eigenvalue weighted by Gasteiger charge is 2.29. The van der Waals surface area contributed by atoms with Crippen molar-refractivity contribution in [3.63, 3.8) is 0 Å². The molecule has 2 aromatic rings. The SMILES string of the molecule is CCN(CC(C)C(=O)O)C(=O)CCC(C)CNC(=O)OCC1c2ccccc2-c2ccccc21. The van der Waals surface area contributed by atoms with Crippen LogP contribution in [-0.2, 0) is 14.3 Å². The van der Waals surface area contributed by atoms with Gasteiger partial charge in [0.25, 0.3) is 0 Å². The molecule has 7 nitrogen and oxygen atoms in total. The zero-order valence-electron chi connectivity index (χ0n) is 20.1. The third kappa shape index (κ3) is 6.16. The first kappa shape index (κ1) is 25.3. The molecule has 0 aliphatic heterocycles. The fourth-order valence-electron chi connectivity index (χ4n) is 4.35. The van der Waals surface area contributed by atoms with Crippen LogP contribution >= 0.6 is 0 Å². The summed E-state index contributed by atoms with van der Waals surface area (Å²) in [5, 5.41) is 11.9. The minimum atomic E-state index is -0.910. The van der Waals surface area contributed by atoms with Crippen LogP contribution in [0.25, 0.3) is 11.1 Å². The van der Waals surface area contributed by atoms with Gasteiger partial charge in [0, 0.05) is 32.0 Å². The van der Waals surface area contributed by atoms with Crippen molar-refractivity contribution in [1.82, 2.24) is 10.2 Å². The Morgan fingerprint density at radius 3 is 2.18 bits per heavy atom. The minimum Gasteiger partial charge on any atom is -0.481 e. The molecule has 1 aliphatic rings. The zero-order chi connectivity index (χ0) is 24.7. The molecule has 0 spiro atoms. The number of carboxylic acids is 1. The maximum absolute atomic E-state index is 12.4. The number of hydrogen-bond acceptors (Lipinski definition) is 4. The van der Waals surface area contributed by atoms with Crippen molar-refractivity contribution in [1.29, 1.82) is 0 Å². The van der Waals surface area contributed by atoms with Crippen molar-refractivity contribution in [2.24, 2.45) is 11.8 Å². The van der Waals surface area contributed by atoms with Crippen LogP contribution < -0.4 is 5.32 Å². The molecule has 0 bridgehead atoms. The fourth-order valence-corrected chi connectivity index (χ4v) is 4.35. The molecule has 2 amide bonds. The smallest absolute Gasteiger partial charge is 0.407 e. The van der Waals surface area contributed by atoms with Gasteiger partial charge in [-0.3, -0.25) is 9.59 Å². The Kier molecular flexibility index (Phi) is 8.68. The standard InChI is InChI=1S/C27H34N2O5/c1-4-29(16-19(3)26(31)32)25(30)14-13-18(2)15-28-27(33)34-17-24-22-11-7-5-9-20(22)21-10-6-8-12-23(21)24/h5-12,18-19,24H,4,13-17H2,1-3H3,(H,28,33)(H,31,32). The Hall–Kier alpha value is -3.35. The first-order valence-electron chi connectivity index (χ1n) is 11.9. The summed E-state index contributed by atoms with van der Waals surface area (Å²) in [6, 6.07) is 16.4. The molecule has 0 aromatic heterocycles. The zero-order valence-corrected chi connectivity index (χ0v) is 20.1. The predicted octanol–water partition coefficient (Wildman–Crippen LogP) is 4.51. The maximum atomic E-state index is 12.4. The van der Waals surface area contributed by atoms with Gasteiger partial charge in [0.1, 0.15) is 6.61 Å². The summed E-state index contributed by atoms with van der Waals surface area (Å²) in [6.45, 7) is 6.75. The van der Waals surface area contributed by atoms with E-state index in [-0.39, 0.29) is 30.9 Å². The Morgan fingerprint density at radius 1 is 1.03 bits per heavy atom. The number of amides is 2. The lowest BCUT2D eigenvalue weighted by Gasteiger charge is -2.23. The first-order chi connectivity index (χ1) is 16.3. The Balaban J connectivity index is 1.43. The lowest BCUT2D eigenvalue weighted by molar-refractivity contribution is -0.143. The topological polar surface area (TPSA) is 95.9 Å². The van der Waals surface area contributed by atoms with Crippen LogP contribution in [0.4, 0.5) is 4.79 Å². The van der Waals surface area contributed by atoms with Crippen LogP contribution in [0.5, 0.6) is 0 Å². The molecule has 0 saturated heterocycles. The average molecular weight is 467 g/mol. The van der Waals surface area contributed by atoms with Crippen molar-refractivity contribution >= 4 is 18.0 Å². The second-order valence-electron chi connectivity index (χ2n) is 9.02. The molecule has 0 heterocycles. The lowest BCUT2D eigenvalue weighted by Crippen LogP contribution is -2.37. The van der Waals surface area contributed by atoms with Gasteiger partial charge in [0.05, 0.1) is 5.92 Å². The van der Waals surface area contributed by atoms with Crippen LogP contribution in [-0.4, -0.2) is 54.2 Å². The van der Waals surface area contributed by atoms with E-state index in [9.17, 15) is 14.4 Å². The van der Waals surface area contributed by atoms with Gasteiger partial charge in [-0.05, 0) is 41.5 Å². The second-order valence-corrected chi connectivity index (χ2v) is 9.02. The van der Waals surface area contributed by atoms with E-state index < -0.39 is 18.0 Å². The van der Waals surface area contributed by atoms with Crippen LogP contribution in [0.2, 0.25) is 0 Å². The number of hydrogen-bond donors (Lipinski definition) is 2. The van der Waals surface area contributed by atoms with Crippen molar-refractivity contribution in [2.45, 2.75) is 39.5 Å². The van der Waals surface area contributed by atoms with Gasteiger partial charge in [-0.25, -0.2) is 4.79 Å². The highest BCUT2D eigenvalue weighted by Crippen LogP contribution is 2.44. The average Bonchev–Trinajstić information content (AvgIpc) is 3.16. The molecule has 34 heavy (non-hydrogen) atoms. The van der Waals surface area contributed by atoms with E-state index in [1.54, 1.807) is 11.8 Å². The van der Waals surface area contributed by atoms with E-state index >= 15 is 0 Å². The molecule has 2 atom stereocenters. The Labute approximate surface area is 201 Å². The molecule has 0 radical (unpaired) electrons. The molecule has 0 fully saturated rings. The number of fused-ring (bicyclic) bond motifs is 3. The van der Waals surface area contributed by atoms with E-state index in [2.05, 4.69) is 29.6 Å². The number of carbonyl (C=O) groups is 3. The number of carboxylic acid groups (broad SMARTS) is 1. The third-order valence-electron chi connectivity index (χ3n) is 6.44. The van der Waals surface area contributed by atoms with Crippen molar-refractivity contribution in [2.75, 3.05) is 26.2 Å². The number of aliphatic carboxylic acids is 1. The number of ether oxygens (including phenoxy) is 1. The van der Waals surface area contributed by atoms with E-state index in [4.69, 9.17) is 9.84 Å². The Morgan fingerprint density at radius 2 is 1.62 bits per heavy atom. The second kappa shape index (κ2) is 11.7. The maximum Gasteiger partial charge on any atom is 0.407 e. The first-order valence-corrected chi connectivity index (χ1v) is 11.9. The molecule has 182 valence electrons. The lowest BCUT2D eigenvalue weighted by atomic mass is 9.98. The number of rotatable bonds is 11. The monoisotopic (exact) mass is 466 g/mol. The summed E-state index contributed by atoms with van der Waals surface area (Å²) in [7, 11) is 0. The molecule has 1 aliphatic carbocycles. The molecule has 2 aromatic carbocycles. The highest BCUT2D eigenvalue weighted by atomic mass is 16.5. The molecular formula is C27H34N2O5. The van der Waals surface area contributed by atoms with Gasteiger partial charge in [0.2, 0.25) is 5.91 Å². The fraction of sp³-hybridized carbons (Fsp3) is 0.444. The van der Waals surface area contributed by atoms with E-state index in [1.807, 2.05) is 38.1 Å². The van der Waals surface area contributed by atoms with Gasteiger partial charge in [-0.1, -0.05) is 62.4 Å². The van der Waals surface area contributed by atoms with Crippen molar-refractivity contribution in [3.05, 3.63) is 59.7 Å². The molecule has 0 saturated carbocycles. The molecular weight excluding hydrogens is 432 g/mol. The van der Waals surface area contributed by atoms with Crippen molar-refractivity contribution < 1.29 is 24.2 Å². The van der Waals surface area contributed by atoms with Gasteiger partial charge in [0.15, 0.2) is 0 Å².